The van der Waals surface area contributed by atoms with Crippen molar-refractivity contribution in [3.05, 3.63) is 11.9 Å². The Bertz CT molecular complexity index is 399. The monoisotopic (exact) mass is 203 g/mol. The molecule has 1 fully saturated rings. The summed E-state index contributed by atoms with van der Waals surface area (Å²) in [5, 5.41) is 16.1. The largest absolute Gasteiger partial charge is 0.390 e. The second-order valence-electron chi connectivity index (χ2n) is 3.08. The molecule has 1 aliphatic heterocycles. The van der Waals surface area contributed by atoms with Crippen molar-refractivity contribution < 1.29 is 13.5 Å². The lowest BCUT2D eigenvalue weighted by Crippen LogP contribution is -2.38. The summed E-state index contributed by atoms with van der Waals surface area (Å²) >= 11 is 0. The van der Waals surface area contributed by atoms with Crippen molar-refractivity contribution in [1.29, 1.82) is 0 Å². The molecule has 1 aromatic rings. The number of sulfone groups is 1. The highest BCUT2D eigenvalue weighted by molar-refractivity contribution is 7.92. The molecule has 72 valence electrons. The van der Waals surface area contributed by atoms with Crippen LogP contribution in [0.5, 0.6) is 0 Å². The zero-order valence-electron chi connectivity index (χ0n) is 6.79. The maximum absolute atomic E-state index is 10.8. The van der Waals surface area contributed by atoms with E-state index in [1.165, 1.54) is 4.68 Å². The van der Waals surface area contributed by atoms with Crippen LogP contribution >= 0.6 is 0 Å². The maximum atomic E-state index is 10.8. The van der Waals surface area contributed by atoms with Crippen LogP contribution < -0.4 is 0 Å². The normalized spacial score (nSPS) is 21.3. The van der Waals surface area contributed by atoms with Crippen molar-refractivity contribution in [3.63, 3.8) is 0 Å². The number of hydrogen-bond donors (Lipinski definition) is 1. The average molecular weight is 203 g/mol. The smallest absolute Gasteiger partial charge is 0.154 e. The fourth-order valence-corrected chi connectivity index (χ4v) is 2.63. The SMILES string of the molecule is O=S1(=O)CC(n2cc(CO)nn2)C1. The zero-order chi connectivity index (χ0) is 9.47. The van der Waals surface area contributed by atoms with Crippen LogP contribution in [0.1, 0.15) is 11.7 Å². The summed E-state index contributed by atoms with van der Waals surface area (Å²) in [6, 6.07) is -0.0993. The number of aliphatic hydroxyl groups is 1. The fraction of sp³-hybridized carbons (Fsp3) is 0.667. The highest BCUT2D eigenvalue weighted by Gasteiger charge is 2.35. The summed E-state index contributed by atoms with van der Waals surface area (Å²) in [5.41, 5.74) is 0.462. The van der Waals surface area contributed by atoms with Crippen LogP contribution in [0.15, 0.2) is 6.20 Å². The first kappa shape index (κ1) is 8.64. The third-order valence-electron chi connectivity index (χ3n) is 1.99. The molecule has 0 aliphatic carbocycles. The minimum absolute atomic E-state index is 0.0993. The van der Waals surface area contributed by atoms with Crippen molar-refractivity contribution in [3.8, 4) is 0 Å². The molecule has 0 radical (unpaired) electrons. The fourth-order valence-electron chi connectivity index (χ4n) is 1.25. The molecule has 6 nitrogen and oxygen atoms in total. The number of aliphatic hydroxyl groups excluding tert-OH is 1. The van der Waals surface area contributed by atoms with Gasteiger partial charge in [0, 0.05) is 0 Å². The Morgan fingerprint density at radius 2 is 2.31 bits per heavy atom. The molecule has 0 spiro atoms. The van der Waals surface area contributed by atoms with E-state index in [1.807, 2.05) is 0 Å². The van der Waals surface area contributed by atoms with Gasteiger partial charge in [-0.3, -0.25) is 0 Å². The molecule has 7 heteroatoms. The van der Waals surface area contributed by atoms with Crippen molar-refractivity contribution in [1.82, 2.24) is 15.0 Å². The summed E-state index contributed by atoms with van der Waals surface area (Å²) in [6.07, 6.45) is 1.57. The molecule has 1 N–H and O–H groups in total. The molecule has 0 bridgehead atoms. The molecule has 1 saturated heterocycles. The van der Waals surface area contributed by atoms with E-state index in [9.17, 15) is 8.42 Å². The van der Waals surface area contributed by atoms with Gasteiger partial charge in [-0.25, -0.2) is 13.1 Å². The van der Waals surface area contributed by atoms with Crippen molar-refractivity contribution in [2.45, 2.75) is 12.6 Å². The molecule has 0 aromatic carbocycles. The lowest BCUT2D eigenvalue weighted by atomic mass is 10.4. The first-order valence-corrected chi connectivity index (χ1v) is 5.65. The minimum Gasteiger partial charge on any atom is -0.390 e. The molecule has 0 saturated carbocycles. The van der Waals surface area contributed by atoms with Gasteiger partial charge in [-0.05, 0) is 0 Å². The van der Waals surface area contributed by atoms with Gasteiger partial charge >= 0.3 is 0 Å². The average Bonchev–Trinajstić information content (AvgIpc) is 2.47. The van der Waals surface area contributed by atoms with E-state index >= 15 is 0 Å². The molecule has 1 aliphatic rings. The minimum atomic E-state index is -2.83. The number of nitrogens with zero attached hydrogens (tertiary/aromatic N) is 3. The highest BCUT2D eigenvalue weighted by atomic mass is 32.2. The van der Waals surface area contributed by atoms with Gasteiger partial charge in [-0.15, -0.1) is 5.10 Å². The summed E-state index contributed by atoms with van der Waals surface area (Å²) in [4.78, 5) is 0. The van der Waals surface area contributed by atoms with Crippen LogP contribution in [0.25, 0.3) is 0 Å². The predicted octanol–water partition coefficient (Wildman–Crippen LogP) is -1.26. The van der Waals surface area contributed by atoms with E-state index in [0.29, 0.717) is 5.69 Å². The molecule has 0 amide bonds. The van der Waals surface area contributed by atoms with Crippen LogP contribution in [0.4, 0.5) is 0 Å². The third kappa shape index (κ3) is 1.56. The first-order valence-electron chi connectivity index (χ1n) is 3.83. The number of hydrogen-bond acceptors (Lipinski definition) is 5. The molecular formula is C6H9N3O3S. The Labute approximate surface area is 75.1 Å². The number of aromatic nitrogens is 3. The molecule has 0 unspecified atom stereocenters. The summed E-state index contributed by atoms with van der Waals surface area (Å²) < 4.78 is 23.2. The predicted molar refractivity (Wildman–Crippen MR) is 43.6 cm³/mol. The standard InChI is InChI=1S/C6H9N3O3S/c10-2-5-1-9(8-7-5)6-3-13(11,12)4-6/h1,6,10H,2-4H2. The Morgan fingerprint density at radius 1 is 1.62 bits per heavy atom. The maximum Gasteiger partial charge on any atom is 0.154 e. The van der Waals surface area contributed by atoms with Crippen LogP contribution in [-0.2, 0) is 16.4 Å². The van der Waals surface area contributed by atoms with Gasteiger partial charge in [0.2, 0.25) is 0 Å². The lowest BCUT2D eigenvalue weighted by molar-refractivity contribution is 0.276. The molecule has 2 heterocycles. The van der Waals surface area contributed by atoms with Gasteiger partial charge in [0.05, 0.1) is 30.4 Å². The summed E-state index contributed by atoms with van der Waals surface area (Å²) in [7, 11) is -2.83. The second-order valence-corrected chi connectivity index (χ2v) is 5.23. The van der Waals surface area contributed by atoms with Gasteiger partial charge in [0.15, 0.2) is 9.84 Å². The molecule has 1 aromatic heterocycles. The third-order valence-corrected chi connectivity index (χ3v) is 3.77. The van der Waals surface area contributed by atoms with Gasteiger partial charge in [0.25, 0.3) is 0 Å². The van der Waals surface area contributed by atoms with E-state index in [-0.39, 0.29) is 24.2 Å². The quantitative estimate of drug-likeness (QED) is 0.648. The van der Waals surface area contributed by atoms with E-state index in [2.05, 4.69) is 10.3 Å². The Kier molecular flexibility index (Phi) is 1.85. The van der Waals surface area contributed by atoms with E-state index < -0.39 is 9.84 Å². The van der Waals surface area contributed by atoms with Crippen LogP contribution in [0.2, 0.25) is 0 Å². The summed E-state index contributed by atoms with van der Waals surface area (Å²) in [5.74, 6) is 0.252. The first-order chi connectivity index (χ1) is 6.11. The van der Waals surface area contributed by atoms with E-state index in [1.54, 1.807) is 6.20 Å². The van der Waals surface area contributed by atoms with Gasteiger partial charge in [-0.1, -0.05) is 5.21 Å². The molecule has 13 heavy (non-hydrogen) atoms. The van der Waals surface area contributed by atoms with Gasteiger partial charge < -0.3 is 5.11 Å². The molecule has 2 rings (SSSR count). The molecular weight excluding hydrogens is 194 g/mol. The van der Waals surface area contributed by atoms with Gasteiger partial charge in [0.1, 0.15) is 5.69 Å². The lowest BCUT2D eigenvalue weighted by Gasteiger charge is -2.24. The van der Waals surface area contributed by atoms with Crippen molar-refractivity contribution in [2.24, 2.45) is 0 Å². The van der Waals surface area contributed by atoms with E-state index in [0.717, 1.165) is 0 Å². The topological polar surface area (TPSA) is 85.1 Å². The van der Waals surface area contributed by atoms with Crippen LogP contribution in [0.3, 0.4) is 0 Å². The van der Waals surface area contributed by atoms with E-state index in [4.69, 9.17) is 5.11 Å². The Morgan fingerprint density at radius 3 is 2.77 bits per heavy atom. The molecule has 0 atom stereocenters. The highest BCUT2D eigenvalue weighted by Crippen LogP contribution is 2.22. The second kappa shape index (κ2) is 2.78. The number of rotatable bonds is 2. The van der Waals surface area contributed by atoms with Gasteiger partial charge in [-0.2, -0.15) is 0 Å². The van der Waals surface area contributed by atoms with Crippen molar-refractivity contribution >= 4 is 9.84 Å². The van der Waals surface area contributed by atoms with Crippen LogP contribution in [0, 0.1) is 0 Å². The Hall–Kier alpha value is -0.950. The Balaban J connectivity index is 2.11. The van der Waals surface area contributed by atoms with Crippen LogP contribution in [-0.4, -0.2) is 40.0 Å². The van der Waals surface area contributed by atoms with Crippen molar-refractivity contribution in [2.75, 3.05) is 11.5 Å². The summed E-state index contributed by atoms with van der Waals surface area (Å²) in [6.45, 7) is -0.167. The zero-order valence-corrected chi connectivity index (χ0v) is 7.61.